The SMILES string of the molecule is CNC(=O)c1ccc(Cl)c(NCC(=O)NC(=O)NC(C)(C)C)c1. The molecule has 0 heterocycles. The van der Waals surface area contributed by atoms with Gasteiger partial charge in [-0.1, -0.05) is 11.6 Å². The smallest absolute Gasteiger partial charge is 0.321 e. The van der Waals surface area contributed by atoms with E-state index in [0.717, 1.165) is 0 Å². The Morgan fingerprint density at radius 1 is 1.17 bits per heavy atom. The third kappa shape index (κ3) is 6.56. The van der Waals surface area contributed by atoms with Crippen LogP contribution in [-0.2, 0) is 4.79 Å². The van der Waals surface area contributed by atoms with Crippen LogP contribution in [0.5, 0.6) is 0 Å². The number of rotatable bonds is 4. The van der Waals surface area contributed by atoms with Crippen LogP contribution < -0.4 is 21.3 Å². The van der Waals surface area contributed by atoms with E-state index in [9.17, 15) is 14.4 Å². The fourth-order valence-corrected chi connectivity index (χ4v) is 1.85. The summed E-state index contributed by atoms with van der Waals surface area (Å²) in [6.45, 7) is 5.26. The van der Waals surface area contributed by atoms with E-state index in [1.807, 2.05) is 0 Å². The van der Waals surface area contributed by atoms with Crippen LogP contribution >= 0.6 is 11.6 Å². The molecule has 0 aliphatic heterocycles. The number of hydrogen-bond acceptors (Lipinski definition) is 4. The summed E-state index contributed by atoms with van der Waals surface area (Å²) in [4.78, 5) is 34.9. The van der Waals surface area contributed by atoms with Crippen molar-refractivity contribution in [3.63, 3.8) is 0 Å². The summed E-state index contributed by atoms with van der Waals surface area (Å²) in [6.07, 6.45) is 0. The third-order valence-electron chi connectivity index (χ3n) is 2.64. The molecule has 0 unspecified atom stereocenters. The second-order valence-electron chi connectivity index (χ2n) is 5.88. The molecule has 0 spiro atoms. The Morgan fingerprint density at radius 3 is 2.39 bits per heavy atom. The van der Waals surface area contributed by atoms with Crippen molar-refractivity contribution in [3.8, 4) is 0 Å². The number of benzene rings is 1. The summed E-state index contributed by atoms with van der Waals surface area (Å²) in [5.41, 5.74) is 0.396. The van der Waals surface area contributed by atoms with Gasteiger partial charge in [0.15, 0.2) is 0 Å². The molecule has 7 nitrogen and oxygen atoms in total. The fourth-order valence-electron chi connectivity index (χ4n) is 1.66. The quantitative estimate of drug-likeness (QED) is 0.670. The van der Waals surface area contributed by atoms with Crippen molar-refractivity contribution in [2.24, 2.45) is 0 Å². The van der Waals surface area contributed by atoms with Gasteiger partial charge in [0.05, 0.1) is 17.3 Å². The van der Waals surface area contributed by atoms with E-state index >= 15 is 0 Å². The maximum atomic E-state index is 11.7. The first kappa shape index (κ1) is 18.8. The van der Waals surface area contributed by atoms with Gasteiger partial charge in [-0.15, -0.1) is 0 Å². The minimum Gasteiger partial charge on any atom is -0.375 e. The van der Waals surface area contributed by atoms with Gasteiger partial charge in [0.1, 0.15) is 0 Å². The standard InChI is InChI=1S/C15H21ClN4O3/c1-15(2,3)20-14(23)19-12(21)8-18-11-7-9(13(22)17-4)5-6-10(11)16/h5-7,18H,8H2,1-4H3,(H,17,22)(H2,19,20,21,23). The minimum atomic E-state index is -0.575. The molecular weight excluding hydrogens is 320 g/mol. The largest absolute Gasteiger partial charge is 0.375 e. The van der Waals surface area contributed by atoms with Crippen LogP contribution in [0.1, 0.15) is 31.1 Å². The Balaban J connectivity index is 2.62. The molecule has 0 aliphatic rings. The summed E-state index contributed by atoms with van der Waals surface area (Å²) in [6, 6.07) is 4.08. The van der Waals surface area contributed by atoms with Crippen molar-refractivity contribution >= 4 is 35.1 Å². The topological polar surface area (TPSA) is 99.3 Å². The van der Waals surface area contributed by atoms with E-state index in [0.29, 0.717) is 16.3 Å². The molecule has 1 rings (SSSR count). The number of anilines is 1. The predicted molar refractivity (Wildman–Crippen MR) is 89.8 cm³/mol. The number of nitrogens with one attached hydrogen (secondary N) is 4. The predicted octanol–water partition coefficient (Wildman–Crippen LogP) is 1.74. The Labute approximate surface area is 140 Å². The minimum absolute atomic E-state index is 0.158. The lowest BCUT2D eigenvalue weighted by Crippen LogP contribution is -2.49. The van der Waals surface area contributed by atoms with Crippen molar-refractivity contribution in [3.05, 3.63) is 28.8 Å². The van der Waals surface area contributed by atoms with E-state index in [-0.39, 0.29) is 12.5 Å². The van der Waals surface area contributed by atoms with Crippen molar-refractivity contribution < 1.29 is 14.4 Å². The summed E-state index contributed by atoms with van der Waals surface area (Å²) >= 11 is 6.02. The van der Waals surface area contributed by atoms with Gasteiger partial charge >= 0.3 is 6.03 Å². The van der Waals surface area contributed by atoms with Gasteiger partial charge in [-0.2, -0.15) is 0 Å². The molecule has 4 amide bonds. The van der Waals surface area contributed by atoms with Gasteiger partial charge in [-0.25, -0.2) is 4.79 Å². The van der Waals surface area contributed by atoms with Gasteiger partial charge in [0.2, 0.25) is 5.91 Å². The highest BCUT2D eigenvalue weighted by Crippen LogP contribution is 2.22. The second-order valence-corrected chi connectivity index (χ2v) is 6.29. The first-order chi connectivity index (χ1) is 10.6. The highest BCUT2D eigenvalue weighted by molar-refractivity contribution is 6.33. The number of urea groups is 1. The summed E-state index contributed by atoms with van der Waals surface area (Å²) < 4.78 is 0. The zero-order chi connectivity index (χ0) is 17.6. The van der Waals surface area contributed by atoms with Crippen LogP contribution in [-0.4, -0.2) is 37.0 Å². The number of carbonyl (C=O) groups is 3. The maximum Gasteiger partial charge on any atom is 0.321 e. The molecule has 0 bridgehead atoms. The summed E-state index contributed by atoms with van der Waals surface area (Å²) in [5.74, 6) is -0.785. The van der Waals surface area contributed by atoms with Crippen molar-refractivity contribution in [1.82, 2.24) is 16.0 Å². The monoisotopic (exact) mass is 340 g/mol. The molecule has 126 valence electrons. The lowest BCUT2D eigenvalue weighted by atomic mass is 10.1. The zero-order valence-electron chi connectivity index (χ0n) is 13.5. The zero-order valence-corrected chi connectivity index (χ0v) is 14.3. The molecule has 0 atom stereocenters. The van der Waals surface area contributed by atoms with Crippen LogP contribution in [0.25, 0.3) is 0 Å². The molecule has 0 aromatic heterocycles. The molecule has 23 heavy (non-hydrogen) atoms. The maximum absolute atomic E-state index is 11.7. The Morgan fingerprint density at radius 2 is 1.83 bits per heavy atom. The number of halogens is 1. The van der Waals surface area contributed by atoms with E-state index < -0.39 is 17.5 Å². The summed E-state index contributed by atoms with van der Waals surface area (Å²) in [5, 5.41) is 10.5. The third-order valence-corrected chi connectivity index (χ3v) is 2.97. The molecular formula is C15H21ClN4O3. The average molecular weight is 341 g/mol. The van der Waals surface area contributed by atoms with Crippen LogP contribution in [0.4, 0.5) is 10.5 Å². The molecule has 1 aromatic carbocycles. The van der Waals surface area contributed by atoms with Gasteiger partial charge < -0.3 is 16.0 Å². The first-order valence-corrected chi connectivity index (χ1v) is 7.37. The summed E-state index contributed by atoms with van der Waals surface area (Å²) in [7, 11) is 1.52. The van der Waals surface area contributed by atoms with Crippen molar-refractivity contribution in [2.75, 3.05) is 18.9 Å². The molecule has 0 saturated carbocycles. The first-order valence-electron chi connectivity index (χ1n) is 7.00. The molecule has 4 N–H and O–H groups in total. The lowest BCUT2D eigenvalue weighted by molar-refractivity contribution is -0.118. The van der Waals surface area contributed by atoms with Gasteiger partial charge in [0, 0.05) is 18.2 Å². The number of imide groups is 1. The van der Waals surface area contributed by atoms with Crippen LogP contribution in [0.2, 0.25) is 5.02 Å². The fraction of sp³-hybridized carbons (Fsp3) is 0.400. The molecule has 0 aliphatic carbocycles. The van der Waals surface area contributed by atoms with Crippen LogP contribution in [0, 0.1) is 0 Å². The van der Waals surface area contributed by atoms with E-state index in [4.69, 9.17) is 11.6 Å². The van der Waals surface area contributed by atoms with E-state index in [1.54, 1.807) is 32.9 Å². The van der Waals surface area contributed by atoms with Gasteiger partial charge in [0.25, 0.3) is 5.91 Å². The van der Waals surface area contributed by atoms with Gasteiger partial charge in [-0.3, -0.25) is 14.9 Å². The lowest BCUT2D eigenvalue weighted by Gasteiger charge is -2.20. The molecule has 0 fully saturated rings. The van der Waals surface area contributed by atoms with Crippen LogP contribution in [0.3, 0.4) is 0 Å². The molecule has 0 saturated heterocycles. The van der Waals surface area contributed by atoms with Crippen molar-refractivity contribution in [1.29, 1.82) is 0 Å². The van der Waals surface area contributed by atoms with Crippen LogP contribution in [0.15, 0.2) is 18.2 Å². The highest BCUT2D eigenvalue weighted by atomic mass is 35.5. The highest BCUT2D eigenvalue weighted by Gasteiger charge is 2.16. The normalized spacial score (nSPS) is 10.7. The van der Waals surface area contributed by atoms with Crippen molar-refractivity contribution in [2.45, 2.75) is 26.3 Å². The van der Waals surface area contributed by atoms with E-state index in [1.165, 1.54) is 13.1 Å². The molecule has 8 heteroatoms. The molecule has 1 aromatic rings. The Bertz CT molecular complexity index is 611. The molecule has 0 radical (unpaired) electrons. The average Bonchev–Trinajstić information content (AvgIpc) is 2.43. The van der Waals surface area contributed by atoms with E-state index in [2.05, 4.69) is 21.3 Å². The Hall–Kier alpha value is -2.28. The number of hydrogen-bond donors (Lipinski definition) is 4. The van der Waals surface area contributed by atoms with Gasteiger partial charge in [-0.05, 0) is 39.0 Å². The number of amides is 4. The number of carbonyl (C=O) groups excluding carboxylic acids is 3. The second kappa shape index (κ2) is 7.82. The Kier molecular flexibility index (Phi) is 6.38.